The molecule has 0 aliphatic rings. The van der Waals surface area contributed by atoms with Gasteiger partial charge < -0.3 is 5.73 Å². The summed E-state index contributed by atoms with van der Waals surface area (Å²) < 4.78 is 26.3. The first-order valence-corrected chi connectivity index (χ1v) is 7.85. The molecule has 0 unspecified atom stereocenters. The van der Waals surface area contributed by atoms with Crippen molar-refractivity contribution in [2.45, 2.75) is 31.2 Å². The van der Waals surface area contributed by atoms with Crippen molar-refractivity contribution >= 4 is 15.5 Å². The molecule has 0 aromatic carbocycles. The Morgan fingerprint density at radius 1 is 1.35 bits per heavy atom. The van der Waals surface area contributed by atoms with Crippen LogP contribution >= 0.6 is 0 Å². The van der Waals surface area contributed by atoms with Crippen molar-refractivity contribution in [2.75, 3.05) is 5.73 Å². The minimum Gasteiger partial charge on any atom is -0.396 e. The lowest BCUT2D eigenvalue weighted by Gasteiger charge is -2.09. The average molecular weight is 295 g/mol. The number of hydrogen-bond acceptors (Lipinski definition) is 6. The zero-order chi connectivity index (χ0) is 14.8. The van der Waals surface area contributed by atoms with Gasteiger partial charge in [0.1, 0.15) is 17.9 Å². The molecule has 2 aromatic rings. The van der Waals surface area contributed by atoms with Crippen LogP contribution in [0.5, 0.6) is 0 Å². The number of nitrogens with two attached hydrogens (primary N) is 1. The van der Waals surface area contributed by atoms with E-state index in [9.17, 15) is 8.42 Å². The molecule has 0 spiro atoms. The van der Waals surface area contributed by atoms with E-state index in [1.807, 2.05) is 13.8 Å². The van der Waals surface area contributed by atoms with Crippen LogP contribution in [-0.2, 0) is 22.1 Å². The van der Waals surface area contributed by atoms with Gasteiger partial charge in [-0.3, -0.25) is 0 Å². The Morgan fingerprint density at radius 3 is 2.75 bits per heavy atom. The van der Waals surface area contributed by atoms with Crippen molar-refractivity contribution in [1.82, 2.24) is 19.7 Å². The van der Waals surface area contributed by atoms with E-state index in [1.54, 1.807) is 10.7 Å². The topological polar surface area (TPSA) is 104 Å². The van der Waals surface area contributed by atoms with Crippen LogP contribution in [0.15, 0.2) is 29.7 Å². The van der Waals surface area contributed by atoms with Gasteiger partial charge in [0.25, 0.3) is 0 Å². The number of nitrogen functional groups attached to an aromatic ring is 1. The molecule has 0 fully saturated rings. The van der Waals surface area contributed by atoms with Gasteiger partial charge in [0.15, 0.2) is 5.03 Å². The molecule has 0 saturated carbocycles. The molecule has 0 saturated heterocycles. The molecule has 0 aliphatic heterocycles. The second-order valence-electron chi connectivity index (χ2n) is 4.91. The Kier molecular flexibility index (Phi) is 4.03. The molecular formula is C12H17N5O2S. The summed E-state index contributed by atoms with van der Waals surface area (Å²) in [6.45, 7) is 4.66. The van der Waals surface area contributed by atoms with Crippen molar-refractivity contribution in [3.63, 3.8) is 0 Å². The van der Waals surface area contributed by atoms with E-state index in [1.165, 1.54) is 18.6 Å². The van der Waals surface area contributed by atoms with E-state index in [2.05, 4.69) is 15.1 Å². The van der Waals surface area contributed by atoms with E-state index < -0.39 is 9.84 Å². The van der Waals surface area contributed by atoms with E-state index in [4.69, 9.17) is 5.73 Å². The average Bonchev–Trinajstić information content (AvgIpc) is 2.75. The fraction of sp³-hybridized carbons (Fsp3) is 0.417. The summed E-state index contributed by atoms with van der Waals surface area (Å²) in [7, 11) is -3.63. The molecule has 8 heteroatoms. The summed E-state index contributed by atoms with van der Waals surface area (Å²) in [6.07, 6.45) is 2.76. The summed E-state index contributed by atoms with van der Waals surface area (Å²) in [5.41, 5.74) is 5.81. The number of aromatic nitrogens is 4. The zero-order valence-corrected chi connectivity index (χ0v) is 12.2. The third-order valence-electron chi connectivity index (χ3n) is 2.65. The van der Waals surface area contributed by atoms with Crippen LogP contribution < -0.4 is 5.73 Å². The molecule has 2 heterocycles. The Labute approximate surface area is 117 Å². The van der Waals surface area contributed by atoms with Gasteiger partial charge in [-0.1, -0.05) is 13.8 Å². The van der Waals surface area contributed by atoms with Gasteiger partial charge in [0.05, 0.1) is 5.69 Å². The minimum atomic E-state index is -3.63. The van der Waals surface area contributed by atoms with Gasteiger partial charge in [-0.25, -0.2) is 23.1 Å². The smallest absolute Gasteiger partial charge is 0.204 e. The second-order valence-corrected chi connectivity index (χ2v) is 6.81. The van der Waals surface area contributed by atoms with Crippen LogP contribution in [0.2, 0.25) is 0 Å². The van der Waals surface area contributed by atoms with Crippen molar-refractivity contribution in [1.29, 1.82) is 0 Å². The van der Waals surface area contributed by atoms with Gasteiger partial charge in [-0.15, -0.1) is 0 Å². The molecule has 7 nitrogen and oxygen atoms in total. The lowest BCUT2D eigenvalue weighted by molar-refractivity contribution is 0.470. The summed E-state index contributed by atoms with van der Waals surface area (Å²) in [6, 6.07) is 3.11. The molecular weight excluding hydrogens is 278 g/mol. The first-order valence-electron chi connectivity index (χ1n) is 6.20. The van der Waals surface area contributed by atoms with Gasteiger partial charge in [-0.2, -0.15) is 5.10 Å². The SMILES string of the molecule is CC(C)Cn1ncnc1CS(=O)(=O)c1ncccc1N. The maximum absolute atomic E-state index is 12.3. The van der Waals surface area contributed by atoms with E-state index in [0.717, 1.165) is 0 Å². The Hall–Kier alpha value is -1.96. The number of anilines is 1. The molecule has 2 rings (SSSR count). The standard InChI is InChI=1S/C12H17N5O2S/c1-9(2)6-17-11(15-8-16-17)7-20(18,19)12-10(13)4-3-5-14-12/h3-5,8-9H,6-7,13H2,1-2H3. The number of pyridine rings is 1. The number of nitrogens with zero attached hydrogens (tertiary/aromatic N) is 4. The molecule has 0 bridgehead atoms. The predicted octanol–water partition coefficient (Wildman–Crippen LogP) is 0.885. The highest BCUT2D eigenvalue weighted by Gasteiger charge is 2.22. The third-order valence-corrected chi connectivity index (χ3v) is 4.22. The highest BCUT2D eigenvalue weighted by atomic mass is 32.2. The van der Waals surface area contributed by atoms with E-state index in [0.29, 0.717) is 18.3 Å². The normalized spacial score (nSPS) is 11.9. The number of hydrogen-bond donors (Lipinski definition) is 1. The Morgan fingerprint density at radius 2 is 2.10 bits per heavy atom. The summed E-state index contributed by atoms with van der Waals surface area (Å²) in [5, 5.41) is 3.93. The van der Waals surface area contributed by atoms with Crippen molar-refractivity contribution in [2.24, 2.45) is 5.92 Å². The monoisotopic (exact) mass is 295 g/mol. The first kappa shape index (κ1) is 14.4. The van der Waals surface area contributed by atoms with E-state index in [-0.39, 0.29) is 16.5 Å². The van der Waals surface area contributed by atoms with Crippen molar-refractivity contribution in [3.8, 4) is 0 Å². The maximum atomic E-state index is 12.3. The zero-order valence-electron chi connectivity index (χ0n) is 11.4. The number of rotatable bonds is 5. The van der Waals surface area contributed by atoms with Gasteiger partial charge in [0.2, 0.25) is 9.84 Å². The van der Waals surface area contributed by atoms with Crippen LogP contribution in [0.3, 0.4) is 0 Å². The van der Waals surface area contributed by atoms with Crippen molar-refractivity contribution in [3.05, 3.63) is 30.5 Å². The minimum absolute atomic E-state index is 0.112. The lowest BCUT2D eigenvalue weighted by atomic mass is 10.2. The van der Waals surface area contributed by atoms with Crippen LogP contribution in [0.4, 0.5) is 5.69 Å². The van der Waals surface area contributed by atoms with Crippen LogP contribution in [0.25, 0.3) is 0 Å². The third kappa shape index (κ3) is 3.13. The fourth-order valence-corrected chi connectivity index (χ4v) is 3.15. The van der Waals surface area contributed by atoms with Gasteiger partial charge >= 0.3 is 0 Å². The largest absolute Gasteiger partial charge is 0.396 e. The summed E-state index contributed by atoms with van der Waals surface area (Å²) in [5.74, 6) is 0.475. The maximum Gasteiger partial charge on any atom is 0.204 e. The molecule has 0 aliphatic carbocycles. The summed E-state index contributed by atoms with van der Waals surface area (Å²) in [4.78, 5) is 7.86. The molecule has 2 N–H and O–H groups in total. The lowest BCUT2D eigenvalue weighted by Crippen LogP contribution is -2.16. The molecule has 108 valence electrons. The molecule has 0 atom stereocenters. The Balaban J connectivity index is 2.30. The highest BCUT2D eigenvalue weighted by Crippen LogP contribution is 2.19. The van der Waals surface area contributed by atoms with Crippen LogP contribution in [-0.4, -0.2) is 28.2 Å². The van der Waals surface area contributed by atoms with Gasteiger partial charge in [-0.05, 0) is 18.1 Å². The number of sulfone groups is 1. The first-order chi connectivity index (χ1) is 9.40. The molecule has 0 amide bonds. The quantitative estimate of drug-likeness (QED) is 0.878. The van der Waals surface area contributed by atoms with Crippen LogP contribution in [0.1, 0.15) is 19.7 Å². The molecule has 0 radical (unpaired) electrons. The van der Waals surface area contributed by atoms with E-state index >= 15 is 0 Å². The molecule has 20 heavy (non-hydrogen) atoms. The van der Waals surface area contributed by atoms with Crippen molar-refractivity contribution < 1.29 is 8.42 Å². The second kappa shape index (κ2) is 5.58. The Bertz CT molecular complexity index is 693. The fourth-order valence-electron chi connectivity index (χ4n) is 1.80. The molecule has 2 aromatic heterocycles. The van der Waals surface area contributed by atoms with Gasteiger partial charge in [0, 0.05) is 12.7 Å². The summed E-state index contributed by atoms with van der Waals surface area (Å²) >= 11 is 0. The van der Waals surface area contributed by atoms with Crippen LogP contribution in [0, 0.1) is 5.92 Å². The predicted molar refractivity (Wildman–Crippen MR) is 74.4 cm³/mol. The highest BCUT2D eigenvalue weighted by molar-refractivity contribution is 7.90.